The third kappa shape index (κ3) is 3.84. The maximum Gasteiger partial charge on any atom is 0.204 e. The number of nitrogens with zero attached hydrogens (tertiary/aromatic N) is 1. The quantitative estimate of drug-likeness (QED) is 0.818. The summed E-state index contributed by atoms with van der Waals surface area (Å²) in [6.45, 7) is 8.01. The number of hydrogen-bond acceptors (Lipinski definition) is 2. The van der Waals surface area contributed by atoms with E-state index in [1.807, 2.05) is 0 Å². The molecule has 1 aliphatic rings. The molecule has 2 rings (SSSR count). The Morgan fingerprint density at radius 2 is 1.89 bits per heavy atom. The molecule has 1 unspecified atom stereocenters. The van der Waals surface area contributed by atoms with Gasteiger partial charge in [-0.25, -0.2) is 0 Å². The summed E-state index contributed by atoms with van der Waals surface area (Å²) in [4.78, 5) is 11.2. The van der Waals surface area contributed by atoms with E-state index >= 15 is 0 Å². The van der Waals surface area contributed by atoms with Crippen LogP contribution in [0.4, 0.5) is 0 Å². The van der Waals surface area contributed by atoms with Crippen LogP contribution in [0, 0.1) is 6.92 Å². The third-order valence-corrected chi connectivity index (χ3v) is 3.42. The number of nitrogens with two attached hydrogens (primary N) is 1. The van der Waals surface area contributed by atoms with Gasteiger partial charge < -0.3 is 5.73 Å². The molecule has 18 heavy (non-hydrogen) atoms. The normalized spacial score (nSPS) is 19.4. The van der Waals surface area contributed by atoms with Crippen LogP contribution in [0.2, 0.25) is 0 Å². The third-order valence-electron chi connectivity index (χ3n) is 3.42. The Morgan fingerprint density at radius 3 is 2.39 bits per heavy atom. The lowest BCUT2D eigenvalue weighted by molar-refractivity contribution is -0.106. The molecule has 1 heterocycles. The first-order valence-electron chi connectivity index (χ1n) is 6.57. The zero-order valence-electron chi connectivity index (χ0n) is 11.6. The molecule has 0 aliphatic carbocycles. The van der Waals surface area contributed by atoms with Crippen molar-refractivity contribution in [2.45, 2.75) is 45.7 Å². The van der Waals surface area contributed by atoms with Crippen LogP contribution < -0.4 is 5.73 Å². The predicted molar refractivity (Wildman–Crippen MR) is 75.2 cm³/mol. The molecule has 1 aromatic rings. The van der Waals surface area contributed by atoms with Crippen molar-refractivity contribution < 1.29 is 4.79 Å². The Balaban J connectivity index is 0.000000492. The van der Waals surface area contributed by atoms with Crippen LogP contribution in [0.5, 0.6) is 0 Å². The van der Waals surface area contributed by atoms with E-state index in [1.54, 1.807) is 0 Å². The van der Waals surface area contributed by atoms with Gasteiger partial charge in [-0.1, -0.05) is 29.8 Å². The molecule has 0 saturated carbocycles. The second-order valence-corrected chi connectivity index (χ2v) is 5.04. The van der Waals surface area contributed by atoms with Gasteiger partial charge >= 0.3 is 0 Å². The Morgan fingerprint density at radius 1 is 1.33 bits per heavy atom. The summed E-state index contributed by atoms with van der Waals surface area (Å²) in [7, 11) is 0. The minimum Gasteiger partial charge on any atom is -0.372 e. The van der Waals surface area contributed by atoms with E-state index in [9.17, 15) is 0 Å². The lowest BCUT2D eigenvalue weighted by Gasteiger charge is -2.28. The number of carbonyl (C=O) groups excluding carboxylic acids is 1. The van der Waals surface area contributed by atoms with Gasteiger partial charge in [0.15, 0.2) is 0 Å². The second kappa shape index (κ2) is 7.17. The highest BCUT2D eigenvalue weighted by atomic mass is 16.1. The van der Waals surface area contributed by atoms with E-state index in [-0.39, 0.29) is 6.41 Å². The maximum absolute atomic E-state index is 8.58. The monoisotopic (exact) mass is 248 g/mol. The van der Waals surface area contributed by atoms with E-state index in [1.165, 1.54) is 30.5 Å². The van der Waals surface area contributed by atoms with Gasteiger partial charge in [0.25, 0.3) is 0 Å². The van der Waals surface area contributed by atoms with Gasteiger partial charge in [0.05, 0.1) is 0 Å². The Kier molecular flexibility index (Phi) is 5.86. The van der Waals surface area contributed by atoms with Crippen molar-refractivity contribution in [1.82, 2.24) is 4.90 Å². The summed E-state index contributed by atoms with van der Waals surface area (Å²) < 4.78 is 0. The minimum atomic E-state index is 0.250. The number of aryl methyl sites for hydroxylation is 1. The van der Waals surface area contributed by atoms with Crippen LogP contribution in [-0.4, -0.2) is 23.9 Å². The topological polar surface area (TPSA) is 46.3 Å². The van der Waals surface area contributed by atoms with Crippen molar-refractivity contribution in [2.24, 2.45) is 5.73 Å². The van der Waals surface area contributed by atoms with Gasteiger partial charge in [-0.3, -0.25) is 9.69 Å². The van der Waals surface area contributed by atoms with Crippen molar-refractivity contribution in [3.05, 3.63) is 35.4 Å². The van der Waals surface area contributed by atoms with Gasteiger partial charge in [-0.2, -0.15) is 0 Å². The summed E-state index contributed by atoms with van der Waals surface area (Å²) in [5.74, 6) is 0. The summed E-state index contributed by atoms with van der Waals surface area (Å²) in [5, 5.41) is 0. The average molecular weight is 248 g/mol. The highest BCUT2D eigenvalue weighted by Crippen LogP contribution is 2.33. The zero-order chi connectivity index (χ0) is 13.5. The molecule has 3 heteroatoms. The van der Waals surface area contributed by atoms with Crippen molar-refractivity contribution in [2.75, 3.05) is 6.54 Å². The Hall–Kier alpha value is -1.35. The molecule has 0 bridgehead atoms. The molecule has 0 aromatic heterocycles. The average Bonchev–Trinajstić information content (AvgIpc) is 2.80. The summed E-state index contributed by atoms with van der Waals surface area (Å²) in [6, 6.07) is 10.4. The number of carbonyl (C=O) groups is 1. The summed E-state index contributed by atoms with van der Waals surface area (Å²) in [5.41, 5.74) is 7.01. The first kappa shape index (κ1) is 14.7. The number of benzene rings is 1. The summed E-state index contributed by atoms with van der Waals surface area (Å²) in [6.07, 6.45) is 2.91. The molecule has 3 nitrogen and oxygen atoms in total. The van der Waals surface area contributed by atoms with Gasteiger partial charge in [0.1, 0.15) is 0 Å². The second-order valence-electron chi connectivity index (χ2n) is 5.04. The smallest absolute Gasteiger partial charge is 0.204 e. The number of hydrogen-bond donors (Lipinski definition) is 1. The van der Waals surface area contributed by atoms with Gasteiger partial charge in [-0.15, -0.1) is 0 Å². The molecule has 1 aromatic carbocycles. The van der Waals surface area contributed by atoms with E-state index in [4.69, 9.17) is 4.79 Å². The number of amides is 1. The molecule has 1 amide bonds. The van der Waals surface area contributed by atoms with Gasteiger partial charge in [0.2, 0.25) is 6.41 Å². The Labute approximate surface area is 110 Å². The molecule has 100 valence electrons. The van der Waals surface area contributed by atoms with Gasteiger partial charge in [0, 0.05) is 12.1 Å². The van der Waals surface area contributed by atoms with Crippen LogP contribution in [0.15, 0.2) is 24.3 Å². The van der Waals surface area contributed by atoms with Crippen LogP contribution in [0.1, 0.15) is 43.9 Å². The standard InChI is InChI=1S/C14H21N.CH3NO/c1-11(2)15-10-4-5-14(15)13-8-6-12(3)7-9-13;2-1-3/h6-9,11,14H,4-5,10H2,1-3H3;1H,(H2,2,3). The molecule has 0 spiro atoms. The SMILES string of the molecule is Cc1ccc(C2CCCN2C(C)C)cc1.NC=O. The fraction of sp³-hybridized carbons (Fsp3) is 0.533. The van der Waals surface area contributed by atoms with E-state index in [2.05, 4.69) is 55.7 Å². The van der Waals surface area contributed by atoms with Crippen molar-refractivity contribution in [3.63, 3.8) is 0 Å². The van der Waals surface area contributed by atoms with Crippen molar-refractivity contribution >= 4 is 6.41 Å². The molecule has 0 radical (unpaired) electrons. The Bertz CT molecular complexity index is 359. The lowest BCUT2D eigenvalue weighted by atomic mass is 10.0. The minimum absolute atomic E-state index is 0.250. The van der Waals surface area contributed by atoms with Crippen molar-refractivity contribution in [3.8, 4) is 0 Å². The fourth-order valence-corrected chi connectivity index (χ4v) is 2.55. The fourth-order valence-electron chi connectivity index (χ4n) is 2.55. The first-order chi connectivity index (χ1) is 8.60. The largest absolute Gasteiger partial charge is 0.372 e. The van der Waals surface area contributed by atoms with Crippen LogP contribution in [-0.2, 0) is 4.79 Å². The first-order valence-corrected chi connectivity index (χ1v) is 6.57. The number of primary amides is 1. The van der Waals surface area contributed by atoms with Crippen molar-refractivity contribution in [1.29, 1.82) is 0 Å². The predicted octanol–water partition coefficient (Wildman–Crippen LogP) is 2.64. The maximum atomic E-state index is 8.58. The number of rotatable bonds is 2. The van der Waals surface area contributed by atoms with E-state index in [0.29, 0.717) is 12.1 Å². The highest BCUT2D eigenvalue weighted by molar-refractivity contribution is 5.42. The lowest BCUT2D eigenvalue weighted by Crippen LogP contribution is -2.30. The zero-order valence-corrected chi connectivity index (χ0v) is 11.6. The van der Waals surface area contributed by atoms with Crippen LogP contribution >= 0.6 is 0 Å². The molecule has 2 N–H and O–H groups in total. The molecule has 1 aliphatic heterocycles. The molecule has 1 atom stereocenters. The summed E-state index contributed by atoms with van der Waals surface area (Å²) >= 11 is 0. The molecule has 1 fully saturated rings. The van der Waals surface area contributed by atoms with Crippen LogP contribution in [0.25, 0.3) is 0 Å². The van der Waals surface area contributed by atoms with E-state index in [0.717, 1.165) is 0 Å². The highest BCUT2D eigenvalue weighted by Gasteiger charge is 2.27. The number of likely N-dealkylation sites (tertiary alicyclic amines) is 1. The molecular formula is C15H24N2O. The van der Waals surface area contributed by atoms with E-state index < -0.39 is 0 Å². The molecule has 1 saturated heterocycles. The van der Waals surface area contributed by atoms with Crippen LogP contribution in [0.3, 0.4) is 0 Å². The van der Waals surface area contributed by atoms with Gasteiger partial charge in [-0.05, 0) is 45.7 Å². The molecular weight excluding hydrogens is 224 g/mol.